The van der Waals surface area contributed by atoms with Crippen molar-refractivity contribution in [2.24, 2.45) is 10.9 Å². The zero-order valence-corrected chi connectivity index (χ0v) is 21.2. The largest absolute Gasteiger partial charge is 0.359 e. The molecule has 2 N–H and O–H groups in total. The fraction of sp³-hybridized carbons (Fsp3) is 0.458. The molecule has 0 aliphatic carbocycles. The van der Waals surface area contributed by atoms with Gasteiger partial charge in [-0.15, -0.1) is 24.0 Å². The molecule has 2 heterocycles. The Morgan fingerprint density at radius 2 is 1.78 bits per heavy atom. The summed E-state index contributed by atoms with van der Waals surface area (Å²) < 4.78 is 1.70. The maximum absolute atomic E-state index is 11.9. The molecule has 0 radical (unpaired) electrons. The van der Waals surface area contributed by atoms with Gasteiger partial charge in [0.25, 0.3) is 5.56 Å². The number of nitrogens with zero attached hydrogens (tertiary/aromatic N) is 3. The molecule has 1 amide bonds. The van der Waals surface area contributed by atoms with Gasteiger partial charge in [-0.05, 0) is 42.9 Å². The second-order valence-corrected chi connectivity index (χ2v) is 7.96. The maximum atomic E-state index is 11.9. The van der Waals surface area contributed by atoms with Crippen LogP contribution in [0.2, 0.25) is 0 Å². The van der Waals surface area contributed by atoms with Crippen LogP contribution in [0.15, 0.2) is 58.4 Å². The van der Waals surface area contributed by atoms with E-state index in [0.717, 1.165) is 49.6 Å². The number of benzene rings is 1. The van der Waals surface area contributed by atoms with Gasteiger partial charge < -0.3 is 20.1 Å². The highest BCUT2D eigenvalue weighted by Crippen LogP contribution is 2.20. The normalized spacial score (nSPS) is 14.6. The number of halogens is 1. The lowest BCUT2D eigenvalue weighted by Gasteiger charge is -2.34. The average molecular weight is 551 g/mol. The minimum Gasteiger partial charge on any atom is -0.359 e. The van der Waals surface area contributed by atoms with E-state index in [2.05, 4.69) is 46.7 Å². The summed E-state index contributed by atoms with van der Waals surface area (Å²) in [5, 5.41) is 6.12. The van der Waals surface area contributed by atoms with Gasteiger partial charge in [-0.3, -0.25) is 9.59 Å². The van der Waals surface area contributed by atoms with Crippen molar-refractivity contribution in [2.75, 3.05) is 26.7 Å². The van der Waals surface area contributed by atoms with Crippen LogP contribution in [0.4, 0.5) is 0 Å². The monoisotopic (exact) mass is 551 g/mol. The molecular weight excluding hydrogens is 517 g/mol. The third-order valence-corrected chi connectivity index (χ3v) is 5.69. The Balaban J connectivity index is 0.00000363. The fourth-order valence-electron chi connectivity index (χ4n) is 3.84. The Morgan fingerprint density at radius 1 is 1.09 bits per heavy atom. The number of aliphatic imine (C=N–C) groups is 1. The number of piperidine rings is 1. The van der Waals surface area contributed by atoms with Crippen LogP contribution in [-0.2, 0) is 17.9 Å². The van der Waals surface area contributed by atoms with Gasteiger partial charge in [0, 0.05) is 45.4 Å². The van der Waals surface area contributed by atoms with Gasteiger partial charge in [-0.2, -0.15) is 0 Å². The third-order valence-electron chi connectivity index (χ3n) is 5.69. The topological polar surface area (TPSA) is 78.7 Å². The van der Waals surface area contributed by atoms with Crippen molar-refractivity contribution in [1.29, 1.82) is 0 Å². The number of carbonyl (C=O) groups excluding carboxylic acids is 1. The first-order chi connectivity index (χ1) is 15.1. The van der Waals surface area contributed by atoms with Gasteiger partial charge in [-0.1, -0.05) is 30.3 Å². The van der Waals surface area contributed by atoms with Crippen LogP contribution in [0.25, 0.3) is 0 Å². The molecule has 174 valence electrons. The summed E-state index contributed by atoms with van der Waals surface area (Å²) in [6.07, 6.45) is 4.43. The van der Waals surface area contributed by atoms with E-state index in [9.17, 15) is 9.59 Å². The molecule has 1 aromatic heterocycles. The minimum absolute atomic E-state index is 0. The molecular formula is C24H34IN5O2. The van der Waals surface area contributed by atoms with Crippen molar-refractivity contribution in [1.82, 2.24) is 20.1 Å². The first kappa shape index (κ1) is 25.9. The summed E-state index contributed by atoms with van der Waals surface area (Å²) in [6.45, 7) is 5.90. The van der Waals surface area contributed by atoms with E-state index < -0.39 is 0 Å². The zero-order valence-electron chi connectivity index (χ0n) is 18.9. The van der Waals surface area contributed by atoms with Crippen molar-refractivity contribution >= 4 is 35.8 Å². The van der Waals surface area contributed by atoms with Crippen LogP contribution in [0.5, 0.6) is 0 Å². The SMILES string of the molecule is CCNC(=NCc1ccc(Cn2ccccc2=O)cc1)N1CCC(CC(=O)NC)CC1.I. The molecule has 1 fully saturated rings. The van der Waals surface area contributed by atoms with E-state index >= 15 is 0 Å². The predicted molar refractivity (Wildman–Crippen MR) is 139 cm³/mol. The lowest BCUT2D eigenvalue weighted by Crippen LogP contribution is -2.46. The molecule has 0 spiro atoms. The smallest absolute Gasteiger partial charge is 0.250 e. The Kier molecular flexibility index (Phi) is 10.7. The first-order valence-electron chi connectivity index (χ1n) is 11.1. The third kappa shape index (κ3) is 7.65. The number of pyridine rings is 1. The number of rotatable bonds is 7. The molecule has 1 saturated heterocycles. The molecule has 2 aromatic rings. The lowest BCUT2D eigenvalue weighted by atomic mass is 9.93. The molecule has 8 heteroatoms. The van der Waals surface area contributed by atoms with Crippen LogP contribution >= 0.6 is 24.0 Å². The van der Waals surface area contributed by atoms with Gasteiger partial charge in [0.15, 0.2) is 5.96 Å². The molecule has 7 nitrogen and oxygen atoms in total. The summed E-state index contributed by atoms with van der Waals surface area (Å²) in [6, 6.07) is 13.5. The Labute approximate surface area is 207 Å². The summed E-state index contributed by atoms with van der Waals surface area (Å²) >= 11 is 0. The predicted octanol–water partition coefficient (Wildman–Crippen LogP) is 2.83. The molecule has 3 rings (SSSR count). The molecule has 1 aliphatic heterocycles. The second-order valence-electron chi connectivity index (χ2n) is 7.96. The summed E-state index contributed by atoms with van der Waals surface area (Å²) in [4.78, 5) is 30.6. The molecule has 32 heavy (non-hydrogen) atoms. The van der Waals surface area contributed by atoms with Crippen molar-refractivity contribution in [3.63, 3.8) is 0 Å². The Morgan fingerprint density at radius 3 is 2.41 bits per heavy atom. The highest BCUT2D eigenvalue weighted by atomic mass is 127. The van der Waals surface area contributed by atoms with Gasteiger partial charge in [0.05, 0.1) is 13.1 Å². The Bertz CT molecular complexity index is 934. The summed E-state index contributed by atoms with van der Waals surface area (Å²) in [5.41, 5.74) is 2.23. The van der Waals surface area contributed by atoms with Crippen LogP contribution < -0.4 is 16.2 Å². The number of hydrogen-bond acceptors (Lipinski definition) is 3. The first-order valence-corrected chi connectivity index (χ1v) is 11.1. The van der Waals surface area contributed by atoms with Gasteiger partial charge in [-0.25, -0.2) is 4.99 Å². The summed E-state index contributed by atoms with van der Waals surface area (Å²) in [7, 11) is 1.70. The number of guanidine groups is 1. The van der Waals surface area contributed by atoms with Crippen molar-refractivity contribution in [3.8, 4) is 0 Å². The Hall–Kier alpha value is -2.36. The van der Waals surface area contributed by atoms with Crippen LogP contribution in [-0.4, -0.2) is 48.0 Å². The molecule has 0 atom stereocenters. The molecule has 1 aliphatic rings. The highest BCUT2D eigenvalue weighted by Gasteiger charge is 2.23. The number of aromatic nitrogens is 1. The highest BCUT2D eigenvalue weighted by molar-refractivity contribution is 14.0. The number of nitrogens with one attached hydrogen (secondary N) is 2. The number of likely N-dealkylation sites (tertiary alicyclic amines) is 1. The standard InChI is InChI=1S/C24H33N5O2.HI/c1-3-26-24(28-14-11-19(12-15-28)16-22(30)25-2)27-17-20-7-9-21(10-8-20)18-29-13-5-4-6-23(29)31;/h4-10,13,19H,3,11-12,14-18H2,1-2H3,(H,25,30)(H,26,27);1H. The van der Waals surface area contributed by atoms with E-state index in [0.29, 0.717) is 25.4 Å². The fourth-order valence-corrected chi connectivity index (χ4v) is 3.84. The molecule has 0 saturated carbocycles. The minimum atomic E-state index is 0. The van der Waals surface area contributed by atoms with Crippen molar-refractivity contribution in [2.45, 2.75) is 39.3 Å². The van der Waals surface area contributed by atoms with Crippen molar-refractivity contribution < 1.29 is 4.79 Å². The van der Waals surface area contributed by atoms with Gasteiger partial charge in [0.2, 0.25) is 5.91 Å². The van der Waals surface area contributed by atoms with E-state index in [4.69, 9.17) is 4.99 Å². The van der Waals surface area contributed by atoms with E-state index in [1.807, 2.05) is 6.07 Å². The maximum Gasteiger partial charge on any atom is 0.250 e. The lowest BCUT2D eigenvalue weighted by molar-refractivity contribution is -0.121. The second kappa shape index (κ2) is 13.2. The van der Waals surface area contributed by atoms with Gasteiger partial charge >= 0.3 is 0 Å². The van der Waals surface area contributed by atoms with E-state index in [1.54, 1.807) is 29.9 Å². The van der Waals surface area contributed by atoms with Crippen LogP contribution in [0.1, 0.15) is 37.3 Å². The van der Waals surface area contributed by atoms with Gasteiger partial charge in [0.1, 0.15) is 0 Å². The average Bonchev–Trinajstić information content (AvgIpc) is 2.79. The number of carbonyl (C=O) groups is 1. The van der Waals surface area contributed by atoms with Crippen molar-refractivity contribution in [3.05, 3.63) is 70.1 Å². The molecule has 1 aromatic carbocycles. The number of amides is 1. The number of hydrogen-bond donors (Lipinski definition) is 2. The van der Waals surface area contributed by atoms with E-state index in [-0.39, 0.29) is 35.4 Å². The summed E-state index contributed by atoms with van der Waals surface area (Å²) in [5.74, 6) is 1.50. The molecule has 0 bridgehead atoms. The zero-order chi connectivity index (χ0) is 22.1. The van der Waals surface area contributed by atoms with Crippen LogP contribution in [0, 0.1) is 5.92 Å². The van der Waals surface area contributed by atoms with E-state index in [1.165, 1.54) is 0 Å². The quantitative estimate of drug-likeness (QED) is 0.315. The molecule has 0 unspecified atom stereocenters. The van der Waals surface area contributed by atoms with Crippen LogP contribution in [0.3, 0.4) is 0 Å².